The lowest BCUT2D eigenvalue weighted by Gasteiger charge is -2.22. The van der Waals surface area contributed by atoms with Gasteiger partial charge in [-0.15, -0.1) is 0 Å². The van der Waals surface area contributed by atoms with Crippen LogP contribution >= 0.6 is 0 Å². The number of pyridine rings is 1. The van der Waals surface area contributed by atoms with Gasteiger partial charge in [-0.3, -0.25) is 0 Å². The molecule has 2 aromatic heterocycles. The highest BCUT2D eigenvalue weighted by Gasteiger charge is 2.35. The van der Waals surface area contributed by atoms with Crippen LogP contribution in [0.4, 0.5) is 0 Å². The van der Waals surface area contributed by atoms with Gasteiger partial charge in [0.15, 0.2) is 5.82 Å². The quantitative estimate of drug-likeness (QED) is 0.191. The van der Waals surface area contributed by atoms with Gasteiger partial charge in [-0.05, 0) is 63.7 Å². The van der Waals surface area contributed by atoms with Gasteiger partial charge < -0.3 is 0 Å². The van der Waals surface area contributed by atoms with E-state index in [2.05, 4.69) is 166 Å². The topological polar surface area (TPSA) is 38.7 Å². The normalized spacial score (nSPS) is 12.9. The van der Waals surface area contributed by atoms with Crippen LogP contribution in [0.3, 0.4) is 0 Å². The third kappa shape index (κ3) is 5.03. The Morgan fingerprint density at radius 1 is 0.367 bits per heavy atom. The number of rotatable bonds is 5. The molecule has 0 bridgehead atoms. The molecule has 232 valence electrons. The molecular formula is C46H33N3. The van der Waals surface area contributed by atoms with Gasteiger partial charge >= 0.3 is 0 Å². The smallest absolute Gasteiger partial charge is 0.160 e. The largest absolute Gasteiger partial charge is 0.248 e. The second-order valence-corrected chi connectivity index (χ2v) is 13.3. The van der Waals surface area contributed by atoms with Crippen molar-refractivity contribution in [2.75, 3.05) is 0 Å². The van der Waals surface area contributed by atoms with Crippen molar-refractivity contribution in [3.63, 3.8) is 0 Å². The van der Waals surface area contributed by atoms with Crippen molar-refractivity contribution in [2.24, 2.45) is 0 Å². The molecule has 0 radical (unpaired) electrons. The highest BCUT2D eigenvalue weighted by Crippen LogP contribution is 2.50. The van der Waals surface area contributed by atoms with Gasteiger partial charge in [-0.25, -0.2) is 15.0 Å². The Bertz CT molecular complexity index is 2440. The van der Waals surface area contributed by atoms with Gasteiger partial charge in [0.1, 0.15) is 0 Å². The van der Waals surface area contributed by atoms with Crippen molar-refractivity contribution in [1.82, 2.24) is 15.0 Å². The summed E-state index contributed by atoms with van der Waals surface area (Å²) in [5.74, 6) is 0.695. The van der Waals surface area contributed by atoms with Crippen LogP contribution in [0, 0.1) is 0 Å². The first-order chi connectivity index (χ1) is 24.0. The monoisotopic (exact) mass is 627 g/mol. The number of fused-ring (bicyclic) bond motifs is 4. The number of aromatic nitrogens is 3. The van der Waals surface area contributed by atoms with Crippen LogP contribution in [0.2, 0.25) is 0 Å². The van der Waals surface area contributed by atoms with Gasteiger partial charge in [-0.2, -0.15) is 0 Å². The molecule has 1 aliphatic carbocycles. The minimum Gasteiger partial charge on any atom is -0.248 e. The van der Waals surface area contributed by atoms with E-state index in [-0.39, 0.29) is 5.41 Å². The molecule has 9 rings (SSSR count). The van der Waals surface area contributed by atoms with E-state index in [1.54, 1.807) is 0 Å². The lowest BCUT2D eigenvalue weighted by atomic mass is 9.82. The summed E-state index contributed by atoms with van der Waals surface area (Å²) in [7, 11) is 0. The Labute approximate surface area is 286 Å². The Morgan fingerprint density at radius 3 is 1.53 bits per heavy atom. The summed E-state index contributed by atoms with van der Waals surface area (Å²) in [6.45, 7) is 4.64. The third-order valence-corrected chi connectivity index (χ3v) is 9.88. The average Bonchev–Trinajstić information content (AvgIpc) is 3.39. The molecule has 0 saturated heterocycles. The molecule has 0 saturated carbocycles. The summed E-state index contributed by atoms with van der Waals surface area (Å²) in [5, 5.41) is 1.13. The predicted molar refractivity (Wildman–Crippen MR) is 202 cm³/mol. The second kappa shape index (κ2) is 11.5. The molecule has 0 atom stereocenters. The van der Waals surface area contributed by atoms with Crippen molar-refractivity contribution in [3.05, 3.63) is 175 Å². The fourth-order valence-corrected chi connectivity index (χ4v) is 7.33. The molecule has 0 unspecified atom stereocenters. The number of hydrogen-bond donors (Lipinski definition) is 0. The minimum atomic E-state index is -0.109. The summed E-state index contributed by atoms with van der Waals surface area (Å²) < 4.78 is 0. The van der Waals surface area contributed by atoms with Crippen molar-refractivity contribution in [3.8, 4) is 67.4 Å². The molecule has 2 heterocycles. The fraction of sp³-hybridized carbons (Fsp3) is 0.0652. The summed E-state index contributed by atoms with van der Waals surface area (Å²) in [4.78, 5) is 15.5. The lowest BCUT2D eigenvalue weighted by Crippen LogP contribution is -2.14. The second-order valence-electron chi connectivity index (χ2n) is 13.3. The first-order valence-electron chi connectivity index (χ1n) is 16.8. The Kier molecular flexibility index (Phi) is 6.80. The van der Waals surface area contributed by atoms with Crippen LogP contribution in [0.5, 0.6) is 0 Å². The minimum absolute atomic E-state index is 0.109. The maximum atomic E-state index is 5.28. The van der Waals surface area contributed by atoms with Crippen molar-refractivity contribution >= 4 is 10.9 Å². The van der Waals surface area contributed by atoms with Crippen LogP contribution in [0.15, 0.2) is 164 Å². The predicted octanol–water partition coefficient (Wildman–Crippen LogP) is 11.7. The summed E-state index contributed by atoms with van der Waals surface area (Å²) in [5.41, 5.74) is 15.3. The van der Waals surface area contributed by atoms with Crippen molar-refractivity contribution in [2.45, 2.75) is 19.3 Å². The van der Waals surface area contributed by atoms with E-state index < -0.39 is 0 Å². The van der Waals surface area contributed by atoms with Crippen LogP contribution in [0.25, 0.3) is 78.3 Å². The molecule has 3 heteroatoms. The van der Waals surface area contributed by atoms with E-state index in [0.29, 0.717) is 5.82 Å². The van der Waals surface area contributed by atoms with Gasteiger partial charge in [0.25, 0.3) is 0 Å². The first kappa shape index (κ1) is 29.0. The molecule has 0 amide bonds. The maximum absolute atomic E-state index is 5.28. The fourth-order valence-electron chi connectivity index (χ4n) is 7.33. The van der Waals surface area contributed by atoms with E-state index in [0.717, 1.165) is 61.4 Å². The molecular weight excluding hydrogens is 595 g/mol. The van der Waals surface area contributed by atoms with Crippen LogP contribution in [0.1, 0.15) is 25.0 Å². The molecule has 1 aliphatic rings. The van der Waals surface area contributed by atoms with Gasteiger partial charge in [0, 0.05) is 33.1 Å². The molecule has 0 aliphatic heterocycles. The molecule has 3 nitrogen and oxygen atoms in total. The summed E-state index contributed by atoms with van der Waals surface area (Å²) in [6, 6.07) is 57.6. The van der Waals surface area contributed by atoms with Gasteiger partial charge in [0.2, 0.25) is 0 Å². The van der Waals surface area contributed by atoms with Gasteiger partial charge in [0.05, 0.1) is 22.6 Å². The Hall–Kier alpha value is -6.19. The van der Waals surface area contributed by atoms with Crippen molar-refractivity contribution in [1.29, 1.82) is 0 Å². The van der Waals surface area contributed by atoms with E-state index in [4.69, 9.17) is 15.0 Å². The highest BCUT2D eigenvalue weighted by molar-refractivity contribution is 6.02. The van der Waals surface area contributed by atoms with Crippen LogP contribution in [-0.4, -0.2) is 15.0 Å². The number of nitrogens with zero attached hydrogens (tertiary/aromatic N) is 3. The average molecular weight is 628 g/mol. The van der Waals surface area contributed by atoms with E-state index in [1.807, 2.05) is 12.1 Å². The molecule has 8 aromatic rings. The Morgan fingerprint density at radius 2 is 0.898 bits per heavy atom. The molecule has 0 spiro atoms. The van der Waals surface area contributed by atoms with Crippen LogP contribution in [-0.2, 0) is 5.41 Å². The van der Waals surface area contributed by atoms with Crippen molar-refractivity contribution < 1.29 is 0 Å². The van der Waals surface area contributed by atoms with E-state index in [9.17, 15) is 0 Å². The first-order valence-corrected chi connectivity index (χ1v) is 16.8. The van der Waals surface area contributed by atoms with E-state index in [1.165, 1.54) is 22.3 Å². The SMILES string of the molecule is CC1(C)c2ccccc2-c2cc3c(-c4cccc(-c5nc(-c6ccccc6)cc(-c6ccccc6)n5)c4)cc(-c4ccccc4)nc3cc21. The standard InChI is InChI=1S/C46H33N3/c1-46(2)39-24-13-12-23-35(39)37-26-38-36(27-41(30-15-6-3-7-16-30)47-44(38)28-40(37)46)33-21-14-22-34(25-33)45-48-42(31-17-8-4-9-18-31)29-43(49-45)32-19-10-5-11-20-32/h3-29H,1-2H3. The lowest BCUT2D eigenvalue weighted by molar-refractivity contribution is 0.661. The molecule has 6 aromatic carbocycles. The third-order valence-electron chi connectivity index (χ3n) is 9.88. The van der Waals surface area contributed by atoms with Gasteiger partial charge in [-0.1, -0.05) is 147 Å². The molecule has 49 heavy (non-hydrogen) atoms. The summed E-state index contributed by atoms with van der Waals surface area (Å²) >= 11 is 0. The summed E-state index contributed by atoms with van der Waals surface area (Å²) in [6.07, 6.45) is 0. The zero-order valence-corrected chi connectivity index (χ0v) is 27.4. The van der Waals surface area contributed by atoms with Crippen LogP contribution < -0.4 is 0 Å². The zero-order valence-electron chi connectivity index (χ0n) is 27.4. The van der Waals surface area contributed by atoms with E-state index >= 15 is 0 Å². The number of benzene rings is 6. The Balaban J connectivity index is 1.26. The zero-order chi connectivity index (χ0) is 33.0. The highest BCUT2D eigenvalue weighted by atomic mass is 14.9. The number of hydrogen-bond acceptors (Lipinski definition) is 3. The molecule has 0 N–H and O–H groups in total. The molecule has 0 fully saturated rings. The maximum Gasteiger partial charge on any atom is 0.160 e.